The molecule has 0 fully saturated rings. The van der Waals surface area contributed by atoms with Gasteiger partial charge in [-0.25, -0.2) is 4.79 Å². The quantitative estimate of drug-likeness (QED) is 0.185. The number of hydrogen-bond donors (Lipinski definition) is 7. The minimum atomic E-state index is -1.76. The Labute approximate surface area is 177 Å². The maximum Gasteiger partial charge on any atom is 0.326 e. The molecule has 0 aromatic heterocycles. The smallest absolute Gasteiger partial charge is 0.326 e. The normalized spacial score (nSPS) is 14.4. The third-order valence-electron chi connectivity index (χ3n) is 4.14. The van der Waals surface area contributed by atoms with Crippen LogP contribution in [0.15, 0.2) is 30.3 Å². The van der Waals surface area contributed by atoms with Crippen LogP contribution >= 0.6 is 0 Å². The number of carboxylic acids is 2. The van der Waals surface area contributed by atoms with E-state index >= 15 is 0 Å². The molecule has 12 nitrogen and oxygen atoms in total. The predicted octanol–water partition coefficient (Wildman–Crippen LogP) is -2.42. The van der Waals surface area contributed by atoms with E-state index in [0.717, 1.165) is 0 Å². The standard InChI is InChI=1S/C19H26N4O8/c1-10(20)16(27)21-12(7-11-5-3-2-4-6-11)17(28)23-14(9-24)18(29)22-13(19(30)31)8-15(25)26/h2-6,10,12-14,24H,7-9,20H2,1H3,(H,21,27)(H,22,29)(H,23,28)(H,25,26)(H,30,31). The SMILES string of the molecule is CC(N)C(=O)NC(Cc1ccccc1)C(=O)NC(CO)C(=O)NC(CC(=O)O)C(=O)O. The Bertz CT molecular complexity index is 799. The summed E-state index contributed by atoms with van der Waals surface area (Å²) in [6.45, 7) is 0.529. The number of nitrogens with one attached hydrogen (secondary N) is 3. The second-order valence-corrected chi connectivity index (χ2v) is 6.78. The third kappa shape index (κ3) is 8.80. The Kier molecular flexibility index (Phi) is 10.1. The molecule has 0 aliphatic heterocycles. The van der Waals surface area contributed by atoms with E-state index in [1.54, 1.807) is 30.3 Å². The van der Waals surface area contributed by atoms with Gasteiger partial charge in [0.1, 0.15) is 18.1 Å². The average molecular weight is 438 g/mol. The second kappa shape index (κ2) is 12.2. The van der Waals surface area contributed by atoms with Crippen LogP contribution in [0.4, 0.5) is 0 Å². The van der Waals surface area contributed by atoms with Crippen LogP contribution in [-0.2, 0) is 30.4 Å². The summed E-state index contributed by atoms with van der Waals surface area (Å²) in [5.74, 6) is -5.59. The summed E-state index contributed by atoms with van der Waals surface area (Å²) in [6, 6.07) is 3.29. The number of hydrogen-bond acceptors (Lipinski definition) is 7. The van der Waals surface area contributed by atoms with Crippen molar-refractivity contribution in [3.8, 4) is 0 Å². The molecule has 4 unspecified atom stereocenters. The van der Waals surface area contributed by atoms with Gasteiger partial charge < -0.3 is 37.0 Å². The molecule has 4 atom stereocenters. The van der Waals surface area contributed by atoms with E-state index in [2.05, 4.69) is 10.6 Å². The van der Waals surface area contributed by atoms with Crippen molar-refractivity contribution < 1.29 is 39.3 Å². The van der Waals surface area contributed by atoms with Crippen LogP contribution in [0.3, 0.4) is 0 Å². The lowest BCUT2D eigenvalue weighted by Gasteiger charge is -2.23. The van der Waals surface area contributed by atoms with Crippen LogP contribution in [0, 0.1) is 0 Å². The molecule has 1 aromatic carbocycles. The molecule has 0 heterocycles. The maximum absolute atomic E-state index is 12.7. The number of nitrogens with two attached hydrogens (primary N) is 1. The molecule has 31 heavy (non-hydrogen) atoms. The van der Waals surface area contributed by atoms with Crippen molar-refractivity contribution in [2.75, 3.05) is 6.61 Å². The predicted molar refractivity (Wildman–Crippen MR) is 107 cm³/mol. The zero-order valence-corrected chi connectivity index (χ0v) is 16.8. The van der Waals surface area contributed by atoms with Gasteiger partial charge in [-0.1, -0.05) is 30.3 Å². The minimum absolute atomic E-state index is 0.0572. The average Bonchev–Trinajstić information content (AvgIpc) is 2.70. The van der Waals surface area contributed by atoms with Crippen LogP contribution in [0.1, 0.15) is 18.9 Å². The van der Waals surface area contributed by atoms with E-state index < -0.39 is 66.9 Å². The number of rotatable bonds is 12. The molecule has 1 aromatic rings. The van der Waals surface area contributed by atoms with E-state index in [0.29, 0.717) is 5.56 Å². The first-order valence-corrected chi connectivity index (χ1v) is 9.31. The first kappa shape index (κ1) is 25.5. The number of aliphatic hydroxyl groups excluding tert-OH is 1. The largest absolute Gasteiger partial charge is 0.481 e. The Hall–Kier alpha value is -3.51. The molecule has 8 N–H and O–H groups in total. The monoisotopic (exact) mass is 438 g/mol. The molecule has 170 valence electrons. The summed E-state index contributed by atoms with van der Waals surface area (Å²) in [7, 11) is 0. The topological polar surface area (TPSA) is 208 Å². The van der Waals surface area contributed by atoms with Crippen molar-refractivity contribution in [2.45, 2.75) is 43.9 Å². The number of amides is 3. The molecule has 0 bridgehead atoms. The molecule has 0 saturated carbocycles. The third-order valence-corrected chi connectivity index (χ3v) is 4.14. The van der Waals surface area contributed by atoms with Gasteiger partial charge in [0.25, 0.3) is 0 Å². The van der Waals surface area contributed by atoms with Crippen molar-refractivity contribution in [1.29, 1.82) is 0 Å². The van der Waals surface area contributed by atoms with Gasteiger partial charge in [0.05, 0.1) is 19.1 Å². The van der Waals surface area contributed by atoms with Gasteiger partial charge in [0, 0.05) is 6.42 Å². The van der Waals surface area contributed by atoms with Crippen molar-refractivity contribution in [2.24, 2.45) is 5.73 Å². The summed E-state index contributed by atoms with van der Waals surface area (Å²) in [4.78, 5) is 58.8. The Morgan fingerprint density at radius 3 is 1.87 bits per heavy atom. The molecule has 0 aliphatic carbocycles. The Morgan fingerprint density at radius 2 is 1.39 bits per heavy atom. The van der Waals surface area contributed by atoms with E-state index in [9.17, 15) is 29.1 Å². The van der Waals surface area contributed by atoms with Gasteiger partial charge in [0.2, 0.25) is 17.7 Å². The van der Waals surface area contributed by atoms with Crippen LogP contribution < -0.4 is 21.7 Å². The number of aliphatic carboxylic acids is 2. The highest BCUT2D eigenvalue weighted by molar-refractivity contribution is 5.94. The fourth-order valence-electron chi connectivity index (χ4n) is 2.48. The maximum atomic E-state index is 12.7. The van der Waals surface area contributed by atoms with Crippen molar-refractivity contribution in [3.63, 3.8) is 0 Å². The summed E-state index contributed by atoms with van der Waals surface area (Å²) in [5.41, 5.74) is 6.22. The molecule has 12 heteroatoms. The number of aliphatic hydroxyl groups is 1. The second-order valence-electron chi connectivity index (χ2n) is 6.78. The van der Waals surface area contributed by atoms with Gasteiger partial charge in [-0.15, -0.1) is 0 Å². The first-order chi connectivity index (χ1) is 14.5. The van der Waals surface area contributed by atoms with Crippen LogP contribution in [0.5, 0.6) is 0 Å². The molecular formula is C19H26N4O8. The molecule has 1 rings (SSSR count). The fourth-order valence-corrected chi connectivity index (χ4v) is 2.48. The van der Waals surface area contributed by atoms with Gasteiger partial charge >= 0.3 is 11.9 Å². The molecule has 0 radical (unpaired) electrons. The number of carboxylic acid groups (broad SMARTS) is 2. The van der Waals surface area contributed by atoms with E-state index in [-0.39, 0.29) is 6.42 Å². The summed E-state index contributed by atoms with van der Waals surface area (Å²) in [5, 5.41) is 33.9. The Morgan fingerprint density at radius 1 is 0.871 bits per heavy atom. The fraction of sp³-hybridized carbons (Fsp3) is 0.421. The highest BCUT2D eigenvalue weighted by Crippen LogP contribution is 2.05. The van der Waals surface area contributed by atoms with Crippen LogP contribution in [-0.4, -0.2) is 75.8 Å². The minimum Gasteiger partial charge on any atom is -0.481 e. The number of carbonyl (C=O) groups is 5. The lowest BCUT2D eigenvalue weighted by atomic mass is 10.0. The zero-order chi connectivity index (χ0) is 23.6. The Balaban J connectivity index is 2.93. The summed E-state index contributed by atoms with van der Waals surface area (Å²) < 4.78 is 0. The van der Waals surface area contributed by atoms with E-state index in [1.165, 1.54) is 6.92 Å². The van der Waals surface area contributed by atoms with Crippen LogP contribution in [0.25, 0.3) is 0 Å². The van der Waals surface area contributed by atoms with Gasteiger partial charge in [-0.3, -0.25) is 19.2 Å². The molecule has 0 saturated heterocycles. The molecule has 0 aliphatic rings. The summed E-state index contributed by atoms with van der Waals surface area (Å²) >= 11 is 0. The van der Waals surface area contributed by atoms with Crippen molar-refractivity contribution in [1.82, 2.24) is 16.0 Å². The van der Waals surface area contributed by atoms with E-state index in [1.807, 2.05) is 5.32 Å². The molecular weight excluding hydrogens is 412 g/mol. The zero-order valence-electron chi connectivity index (χ0n) is 16.8. The van der Waals surface area contributed by atoms with Crippen molar-refractivity contribution in [3.05, 3.63) is 35.9 Å². The van der Waals surface area contributed by atoms with E-state index in [4.69, 9.17) is 15.9 Å². The first-order valence-electron chi connectivity index (χ1n) is 9.31. The highest BCUT2D eigenvalue weighted by atomic mass is 16.4. The van der Waals surface area contributed by atoms with Gasteiger partial charge in [0.15, 0.2) is 0 Å². The number of benzene rings is 1. The van der Waals surface area contributed by atoms with Crippen molar-refractivity contribution >= 4 is 29.7 Å². The lowest BCUT2D eigenvalue weighted by Crippen LogP contribution is -2.58. The van der Waals surface area contributed by atoms with Gasteiger partial charge in [-0.2, -0.15) is 0 Å². The van der Waals surface area contributed by atoms with Crippen LogP contribution in [0.2, 0.25) is 0 Å². The molecule has 0 spiro atoms. The highest BCUT2D eigenvalue weighted by Gasteiger charge is 2.30. The van der Waals surface area contributed by atoms with Gasteiger partial charge in [-0.05, 0) is 12.5 Å². The lowest BCUT2D eigenvalue weighted by molar-refractivity contribution is -0.147. The summed E-state index contributed by atoms with van der Waals surface area (Å²) in [6.07, 6.45) is -0.837. The molecule has 3 amide bonds. The number of carbonyl (C=O) groups excluding carboxylic acids is 3.